The van der Waals surface area contributed by atoms with E-state index >= 15 is 0 Å². The van der Waals surface area contributed by atoms with E-state index in [4.69, 9.17) is 21.0 Å². The lowest BCUT2D eigenvalue weighted by atomic mass is 9.74. The molecule has 3 aliphatic heterocycles. The fraction of sp³-hybridized carbons (Fsp3) is 0.500. The van der Waals surface area contributed by atoms with E-state index in [2.05, 4.69) is 29.1 Å². The van der Waals surface area contributed by atoms with E-state index in [1.54, 1.807) is 29.2 Å². The van der Waals surface area contributed by atoms with Crippen molar-refractivity contribution >= 4 is 61.8 Å². The third kappa shape index (κ3) is 7.97. The fourth-order valence-electron chi connectivity index (χ4n) is 7.05. The molecular weight excluding hydrogens is 775 g/mol. The van der Waals surface area contributed by atoms with Gasteiger partial charge in [0.15, 0.2) is 23.2 Å². The number of nitrogen functional groups attached to an aromatic ring is 1. The highest BCUT2D eigenvalue weighted by Crippen LogP contribution is 2.43. The number of β-lactam (4-membered cyclic amide) rings is 1. The van der Waals surface area contributed by atoms with Gasteiger partial charge in [-0.25, -0.2) is 18.2 Å². The number of aliphatic carboxylic acids is 1. The highest BCUT2D eigenvalue weighted by atomic mass is 32.3. The number of carbonyl (C=O) groups is 4. The van der Waals surface area contributed by atoms with Crippen molar-refractivity contribution in [2.45, 2.75) is 70.8 Å². The van der Waals surface area contributed by atoms with E-state index in [1.807, 2.05) is 20.0 Å². The number of hydrogen-bond acceptors (Lipinski definition) is 16. The molecule has 2 fully saturated rings. The van der Waals surface area contributed by atoms with Gasteiger partial charge in [-0.1, -0.05) is 5.16 Å². The van der Waals surface area contributed by atoms with E-state index in [-0.39, 0.29) is 22.5 Å². The van der Waals surface area contributed by atoms with Gasteiger partial charge in [-0.3, -0.25) is 19.3 Å². The Hall–Kier alpha value is -5.00. The summed E-state index contributed by atoms with van der Waals surface area (Å²) in [5.74, 6) is -3.76. The largest absolute Gasteiger partial charge is 0.724 e. The van der Waals surface area contributed by atoms with Gasteiger partial charge in [-0.2, -0.15) is 14.0 Å². The lowest BCUT2D eigenvalue weighted by Crippen LogP contribution is -2.68. The van der Waals surface area contributed by atoms with Crippen LogP contribution in [-0.4, -0.2) is 100.0 Å². The number of amides is 2. The second-order valence-corrected chi connectivity index (χ2v) is 16.6. The third-order valence-corrected chi connectivity index (χ3v) is 11.1. The summed E-state index contributed by atoms with van der Waals surface area (Å²) < 4.78 is 47.5. The quantitative estimate of drug-likeness (QED) is 0.0331. The van der Waals surface area contributed by atoms with Crippen LogP contribution in [0, 0.1) is 11.8 Å². The molecule has 6 N–H and O–H groups in total. The molecule has 20 nitrogen and oxygen atoms in total. The molecule has 0 spiro atoms. The number of Topliss-reactive ketones (excluding diaryl/α,β-unsaturated/α-hetero) is 1. The van der Waals surface area contributed by atoms with Gasteiger partial charge in [0.2, 0.25) is 16.6 Å². The van der Waals surface area contributed by atoms with Gasteiger partial charge in [-0.05, 0) is 64.9 Å². The molecule has 3 aromatic rings. The Morgan fingerprint density at radius 1 is 1.20 bits per heavy atom. The summed E-state index contributed by atoms with van der Waals surface area (Å²) in [6.07, 6.45) is 0.407. The van der Waals surface area contributed by atoms with Crippen LogP contribution in [0.15, 0.2) is 41.0 Å². The summed E-state index contributed by atoms with van der Waals surface area (Å²) in [5, 5.41) is 18.8. The number of ketones is 1. The summed E-state index contributed by atoms with van der Waals surface area (Å²) >= 11 is 0.967. The summed E-state index contributed by atoms with van der Waals surface area (Å²) in [6.45, 7) is 10.0. The van der Waals surface area contributed by atoms with Gasteiger partial charge >= 0.3 is 5.97 Å². The first-order chi connectivity index (χ1) is 26.3. The number of benzene rings is 1. The molecule has 2 saturated heterocycles. The van der Waals surface area contributed by atoms with Crippen molar-refractivity contribution in [2.24, 2.45) is 22.7 Å². The summed E-state index contributed by atoms with van der Waals surface area (Å²) in [4.78, 5) is 63.2. The standard InChI is InChI=1S/C34H43N9O11S2/c1-33(2)23(30(46)43(33)54-56(49,50)51)12-25(44)27(24-18-55-32(36)38-24)39-53-26(31(47)48)17-52-21-8-6-20(7-9-21)42-29(45)22-16-40(15-19-13-37-14-19)41(11-5-10-35)28(22)34(42,3)4/h6-9,16,18-19,23,26,37H,5,10-15,17,35H2,1-4H3,(H3-,36,38,47,48,49,50,51)/b39-27-/t23-,26+/m1/s1. The van der Waals surface area contributed by atoms with Crippen LogP contribution in [0.2, 0.25) is 0 Å². The normalized spacial score (nSPS) is 19.7. The number of aromatic nitrogens is 3. The predicted octanol–water partition coefficient (Wildman–Crippen LogP) is 0.119. The number of carboxylic acids is 1. The highest BCUT2D eigenvalue weighted by molar-refractivity contribution is 7.80. The fourth-order valence-corrected chi connectivity index (χ4v) is 8.05. The minimum Gasteiger partial charge on any atom is -0.724 e. The topological polar surface area (TPSA) is 278 Å². The molecule has 302 valence electrons. The average molecular weight is 818 g/mol. The maximum Gasteiger partial charge on any atom is 0.351 e. The molecular formula is C34H43N9O11S2. The second kappa shape index (κ2) is 15.5. The Balaban J connectivity index is 1.14. The Kier molecular flexibility index (Phi) is 11.3. The number of thiazole rings is 1. The molecule has 2 aromatic heterocycles. The number of carboxylic acid groups (broad SMARTS) is 1. The Bertz CT molecular complexity index is 2160. The average Bonchev–Trinajstić information content (AvgIpc) is 3.76. The van der Waals surface area contributed by atoms with Crippen molar-refractivity contribution in [2.75, 3.05) is 36.9 Å². The number of ether oxygens (including phenoxy) is 1. The Morgan fingerprint density at radius 2 is 1.89 bits per heavy atom. The highest BCUT2D eigenvalue weighted by Gasteiger charge is 2.57. The Morgan fingerprint density at radius 3 is 2.45 bits per heavy atom. The number of rotatable bonds is 18. The van der Waals surface area contributed by atoms with Crippen molar-refractivity contribution in [3.05, 3.63) is 52.8 Å². The molecule has 0 unspecified atom stereocenters. The minimum atomic E-state index is -5.26. The van der Waals surface area contributed by atoms with Crippen LogP contribution in [0.1, 0.15) is 62.3 Å². The first-order valence-corrected chi connectivity index (χ1v) is 19.9. The van der Waals surface area contributed by atoms with E-state index in [0.717, 1.165) is 43.1 Å². The van der Waals surface area contributed by atoms with Gasteiger partial charge in [-0.15, -0.1) is 16.0 Å². The molecule has 0 saturated carbocycles. The smallest absolute Gasteiger partial charge is 0.351 e. The van der Waals surface area contributed by atoms with Crippen LogP contribution in [-0.2, 0) is 52.5 Å². The summed E-state index contributed by atoms with van der Waals surface area (Å²) in [7, 11) is -5.26. The van der Waals surface area contributed by atoms with Gasteiger partial charge in [0.05, 0.1) is 23.5 Å². The van der Waals surface area contributed by atoms with E-state index < -0.39 is 69.9 Å². The van der Waals surface area contributed by atoms with Gasteiger partial charge in [0.1, 0.15) is 29.3 Å². The van der Waals surface area contributed by atoms with Crippen LogP contribution in [0.4, 0.5) is 10.8 Å². The number of hydrogen-bond donors (Lipinski definition) is 4. The maximum atomic E-state index is 13.9. The van der Waals surface area contributed by atoms with E-state index in [9.17, 15) is 37.3 Å². The molecule has 1 aromatic carbocycles. The Labute approximate surface area is 325 Å². The van der Waals surface area contributed by atoms with Crippen LogP contribution in [0.3, 0.4) is 0 Å². The number of carbonyl (C=O) groups excluding carboxylic acids is 3. The zero-order valence-corrected chi connectivity index (χ0v) is 32.7. The molecule has 5 heterocycles. The summed E-state index contributed by atoms with van der Waals surface area (Å²) in [5.41, 5.74) is 11.1. The van der Waals surface area contributed by atoms with Crippen molar-refractivity contribution < 1.29 is 55.8 Å². The van der Waals surface area contributed by atoms with E-state index in [1.165, 1.54) is 19.2 Å². The molecule has 6 rings (SSSR count). The molecule has 0 aliphatic carbocycles. The van der Waals surface area contributed by atoms with Gasteiger partial charge in [0.25, 0.3) is 17.9 Å². The zero-order valence-electron chi connectivity index (χ0n) is 31.0. The molecule has 2 amide bonds. The lowest BCUT2D eigenvalue weighted by molar-refractivity contribution is -0.782. The molecule has 56 heavy (non-hydrogen) atoms. The van der Waals surface area contributed by atoms with Crippen molar-refractivity contribution in [3.63, 3.8) is 0 Å². The number of nitrogens with two attached hydrogens (primary N) is 2. The van der Waals surface area contributed by atoms with Crippen molar-refractivity contribution in [1.29, 1.82) is 0 Å². The molecule has 2 atom stereocenters. The number of nitrogens with zero attached hydrogens (tertiary/aromatic N) is 6. The minimum absolute atomic E-state index is 0.0544. The van der Waals surface area contributed by atoms with Crippen LogP contribution in [0.25, 0.3) is 0 Å². The number of hydroxylamine groups is 2. The van der Waals surface area contributed by atoms with Crippen LogP contribution in [0.5, 0.6) is 5.75 Å². The number of anilines is 2. The molecule has 3 aliphatic rings. The maximum absolute atomic E-state index is 13.9. The lowest BCUT2D eigenvalue weighted by Gasteiger charge is -2.51. The molecule has 0 bridgehead atoms. The van der Waals surface area contributed by atoms with Crippen LogP contribution >= 0.6 is 11.3 Å². The predicted molar refractivity (Wildman–Crippen MR) is 197 cm³/mol. The zero-order chi connectivity index (χ0) is 40.7. The first-order valence-electron chi connectivity index (χ1n) is 17.7. The van der Waals surface area contributed by atoms with Gasteiger partial charge < -0.3 is 36.0 Å². The number of fused-ring (bicyclic) bond motifs is 1. The van der Waals surface area contributed by atoms with E-state index in [0.29, 0.717) is 35.3 Å². The van der Waals surface area contributed by atoms with Gasteiger partial charge in [0, 0.05) is 36.5 Å². The first kappa shape index (κ1) is 40.7. The van der Waals surface area contributed by atoms with Crippen molar-refractivity contribution in [3.8, 4) is 5.75 Å². The number of nitrogens with one attached hydrogen (secondary N) is 1. The summed E-state index contributed by atoms with van der Waals surface area (Å²) in [6, 6.07) is 6.57. The third-order valence-electron chi connectivity index (χ3n) is 10.1. The SMILES string of the molecule is CC1(C)c2c(c[n+](CC3CNC3)n2CCCN)C(=O)N1c1ccc(OC[C@H](O/N=C(\C(=O)C[C@@H]2C(=O)N(OS(=O)(=O)[O-])C2(C)C)c2csc(N)n2)C(=O)O)cc1. The molecule has 0 radical (unpaired) electrons. The number of oxime groups is 1. The molecule has 22 heteroatoms. The monoisotopic (exact) mass is 817 g/mol. The second-order valence-electron chi connectivity index (χ2n) is 14.7. The van der Waals surface area contributed by atoms with Crippen LogP contribution < -0.4 is 31.1 Å². The van der Waals surface area contributed by atoms with Crippen molar-refractivity contribution in [1.82, 2.24) is 20.0 Å².